The molecule has 1 amide bonds. The summed E-state index contributed by atoms with van der Waals surface area (Å²) < 4.78 is 15.6. The first-order valence-electron chi connectivity index (χ1n) is 5.68. The Labute approximate surface area is 104 Å². The van der Waals surface area contributed by atoms with E-state index in [9.17, 15) is 9.18 Å². The van der Waals surface area contributed by atoms with Gasteiger partial charge in [0.15, 0.2) is 5.82 Å². The fourth-order valence-corrected chi connectivity index (χ4v) is 1.69. The number of nitrogens with zero attached hydrogens (tertiary/aromatic N) is 2. The van der Waals surface area contributed by atoms with E-state index in [1.165, 1.54) is 6.07 Å². The Hall–Kier alpha value is -2.17. The second-order valence-corrected chi connectivity index (χ2v) is 4.01. The number of aryl methyl sites for hydroxylation is 2. The van der Waals surface area contributed by atoms with Gasteiger partial charge in [-0.25, -0.2) is 9.37 Å². The van der Waals surface area contributed by atoms with Gasteiger partial charge in [-0.2, -0.15) is 0 Å². The molecule has 0 unspecified atom stereocenters. The summed E-state index contributed by atoms with van der Waals surface area (Å²) in [6.07, 6.45) is 3.77. The Morgan fingerprint density at radius 3 is 2.89 bits per heavy atom. The molecule has 0 atom stereocenters. The number of anilines is 1. The average molecular weight is 247 g/mol. The first-order valence-corrected chi connectivity index (χ1v) is 5.68. The molecule has 1 N–H and O–H groups in total. The van der Waals surface area contributed by atoms with Gasteiger partial charge in [0.25, 0.3) is 5.91 Å². The van der Waals surface area contributed by atoms with Crippen LogP contribution in [-0.4, -0.2) is 15.5 Å². The number of benzene rings is 1. The van der Waals surface area contributed by atoms with Gasteiger partial charge in [0.1, 0.15) is 5.82 Å². The molecule has 94 valence electrons. The topological polar surface area (TPSA) is 46.9 Å². The zero-order valence-corrected chi connectivity index (χ0v) is 10.3. The highest BCUT2D eigenvalue weighted by atomic mass is 19.1. The molecular weight excluding hydrogens is 233 g/mol. The van der Waals surface area contributed by atoms with Crippen molar-refractivity contribution in [2.45, 2.75) is 13.3 Å². The van der Waals surface area contributed by atoms with E-state index < -0.39 is 11.7 Å². The minimum atomic E-state index is -0.485. The molecule has 4 nitrogen and oxygen atoms in total. The molecule has 0 radical (unpaired) electrons. The van der Waals surface area contributed by atoms with Crippen LogP contribution in [0.2, 0.25) is 0 Å². The van der Waals surface area contributed by atoms with Gasteiger partial charge in [0, 0.05) is 13.2 Å². The third-order valence-corrected chi connectivity index (χ3v) is 2.65. The summed E-state index contributed by atoms with van der Waals surface area (Å²) in [5, 5.41) is 2.56. The zero-order valence-electron chi connectivity index (χ0n) is 10.3. The molecule has 0 aliphatic carbocycles. The van der Waals surface area contributed by atoms with Crippen LogP contribution in [0, 0.1) is 5.82 Å². The van der Waals surface area contributed by atoms with Crippen LogP contribution in [0.4, 0.5) is 10.2 Å². The molecule has 0 spiro atoms. The lowest BCUT2D eigenvalue weighted by Gasteiger charge is -2.06. The van der Waals surface area contributed by atoms with E-state index in [2.05, 4.69) is 10.3 Å². The number of imidazole rings is 1. The lowest BCUT2D eigenvalue weighted by molar-refractivity contribution is 0.102. The van der Waals surface area contributed by atoms with Crippen molar-refractivity contribution in [1.82, 2.24) is 9.55 Å². The Morgan fingerprint density at radius 1 is 1.50 bits per heavy atom. The second kappa shape index (κ2) is 5.00. The molecule has 1 aromatic heterocycles. The molecule has 0 aliphatic heterocycles. The van der Waals surface area contributed by atoms with E-state index >= 15 is 0 Å². The van der Waals surface area contributed by atoms with Gasteiger partial charge in [0.05, 0.1) is 11.9 Å². The van der Waals surface area contributed by atoms with Crippen LogP contribution < -0.4 is 5.32 Å². The van der Waals surface area contributed by atoms with E-state index in [4.69, 9.17) is 0 Å². The maximum absolute atomic E-state index is 13.9. The van der Waals surface area contributed by atoms with Crippen LogP contribution in [0.5, 0.6) is 0 Å². The molecule has 5 heteroatoms. The van der Waals surface area contributed by atoms with Crippen molar-refractivity contribution in [3.8, 4) is 0 Å². The van der Waals surface area contributed by atoms with E-state index in [0.29, 0.717) is 17.8 Å². The monoisotopic (exact) mass is 247 g/mol. The fraction of sp³-hybridized carbons (Fsp3) is 0.231. The summed E-state index contributed by atoms with van der Waals surface area (Å²) in [4.78, 5) is 15.9. The van der Waals surface area contributed by atoms with E-state index in [-0.39, 0.29) is 5.56 Å². The predicted molar refractivity (Wildman–Crippen MR) is 66.9 cm³/mol. The highest BCUT2D eigenvalue weighted by Gasteiger charge is 2.14. The summed E-state index contributed by atoms with van der Waals surface area (Å²) in [5.74, 6) is -0.543. The summed E-state index contributed by atoms with van der Waals surface area (Å²) in [7, 11) is 1.79. The van der Waals surface area contributed by atoms with Gasteiger partial charge in [-0.05, 0) is 18.1 Å². The first kappa shape index (κ1) is 12.3. The van der Waals surface area contributed by atoms with Crippen LogP contribution in [0.15, 0.2) is 30.7 Å². The van der Waals surface area contributed by atoms with Gasteiger partial charge in [-0.3, -0.25) is 4.79 Å². The fourth-order valence-electron chi connectivity index (χ4n) is 1.69. The van der Waals surface area contributed by atoms with Crippen molar-refractivity contribution in [2.24, 2.45) is 7.05 Å². The number of carbonyl (C=O) groups excluding carboxylic acids is 1. The molecule has 0 fully saturated rings. The van der Waals surface area contributed by atoms with Crippen LogP contribution in [-0.2, 0) is 13.5 Å². The minimum absolute atomic E-state index is 0.0417. The van der Waals surface area contributed by atoms with Crippen molar-refractivity contribution in [3.05, 3.63) is 47.7 Å². The Bertz CT molecular complexity index is 577. The number of hydrogen-bond donors (Lipinski definition) is 1. The zero-order chi connectivity index (χ0) is 13.1. The standard InChI is InChI=1S/C13H14FN3O/c1-3-9-5-4-6-10(12(9)14)13(18)16-11-7-17(2)8-15-11/h4-8H,3H2,1-2H3,(H,16,18). The molecular formula is C13H14FN3O. The number of halogens is 1. The van der Waals surface area contributed by atoms with Crippen LogP contribution in [0.3, 0.4) is 0 Å². The van der Waals surface area contributed by atoms with E-state index in [1.807, 2.05) is 6.92 Å². The second-order valence-electron chi connectivity index (χ2n) is 4.01. The summed E-state index contributed by atoms with van der Waals surface area (Å²) >= 11 is 0. The molecule has 2 rings (SSSR count). The summed E-state index contributed by atoms with van der Waals surface area (Å²) in [6.45, 7) is 1.85. The Balaban J connectivity index is 2.24. The molecule has 1 aromatic carbocycles. The molecule has 0 aliphatic rings. The van der Waals surface area contributed by atoms with Gasteiger partial charge in [-0.1, -0.05) is 19.1 Å². The number of nitrogens with one attached hydrogen (secondary N) is 1. The van der Waals surface area contributed by atoms with Crippen molar-refractivity contribution in [3.63, 3.8) is 0 Å². The molecule has 0 saturated heterocycles. The maximum Gasteiger partial charge on any atom is 0.259 e. The van der Waals surface area contributed by atoms with Crippen LogP contribution in [0.1, 0.15) is 22.8 Å². The van der Waals surface area contributed by atoms with Crippen molar-refractivity contribution < 1.29 is 9.18 Å². The van der Waals surface area contributed by atoms with Gasteiger partial charge >= 0.3 is 0 Å². The van der Waals surface area contributed by atoms with Gasteiger partial charge in [-0.15, -0.1) is 0 Å². The smallest absolute Gasteiger partial charge is 0.259 e. The highest BCUT2D eigenvalue weighted by Crippen LogP contribution is 2.15. The Kier molecular flexibility index (Phi) is 3.41. The average Bonchev–Trinajstić information content (AvgIpc) is 2.75. The highest BCUT2D eigenvalue weighted by molar-refractivity contribution is 6.04. The molecule has 1 heterocycles. The number of aromatic nitrogens is 2. The number of carbonyl (C=O) groups is 1. The molecule has 0 saturated carbocycles. The molecule has 18 heavy (non-hydrogen) atoms. The van der Waals surface area contributed by atoms with Crippen LogP contribution in [0.25, 0.3) is 0 Å². The number of hydrogen-bond acceptors (Lipinski definition) is 2. The third-order valence-electron chi connectivity index (χ3n) is 2.65. The molecule has 2 aromatic rings. The third kappa shape index (κ3) is 2.40. The van der Waals surface area contributed by atoms with Gasteiger partial charge < -0.3 is 9.88 Å². The Morgan fingerprint density at radius 2 is 2.28 bits per heavy atom. The predicted octanol–water partition coefficient (Wildman–Crippen LogP) is 2.37. The summed E-state index contributed by atoms with van der Waals surface area (Å²) in [6, 6.07) is 4.81. The quantitative estimate of drug-likeness (QED) is 0.905. The first-order chi connectivity index (χ1) is 8.61. The van der Waals surface area contributed by atoms with Crippen molar-refractivity contribution >= 4 is 11.7 Å². The van der Waals surface area contributed by atoms with Crippen LogP contribution >= 0.6 is 0 Å². The molecule has 0 bridgehead atoms. The lowest BCUT2D eigenvalue weighted by Crippen LogP contribution is -2.14. The van der Waals surface area contributed by atoms with E-state index in [0.717, 1.165) is 0 Å². The van der Waals surface area contributed by atoms with Crippen molar-refractivity contribution in [2.75, 3.05) is 5.32 Å². The summed E-state index contributed by atoms with van der Waals surface area (Å²) in [5.41, 5.74) is 0.573. The minimum Gasteiger partial charge on any atom is -0.338 e. The van der Waals surface area contributed by atoms with Crippen molar-refractivity contribution in [1.29, 1.82) is 0 Å². The SMILES string of the molecule is CCc1cccc(C(=O)Nc2cn(C)cn2)c1F. The largest absolute Gasteiger partial charge is 0.338 e. The maximum atomic E-state index is 13.9. The van der Waals surface area contributed by atoms with E-state index in [1.54, 1.807) is 36.3 Å². The number of amides is 1. The van der Waals surface area contributed by atoms with Gasteiger partial charge in [0.2, 0.25) is 0 Å². The normalized spacial score (nSPS) is 10.4. The lowest BCUT2D eigenvalue weighted by atomic mass is 10.1. The number of rotatable bonds is 3.